The van der Waals surface area contributed by atoms with Crippen LogP contribution >= 0.6 is 34.8 Å². The Hall–Kier alpha value is -2.03. The van der Waals surface area contributed by atoms with Crippen molar-refractivity contribution >= 4 is 58.0 Å². The summed E-state index contributed by atoms with van der Waals surface area (Å²) in [5.74, 6) is -2.34. The maximum atomic E-state index is 11.8. The first kappa shape index (κ1) is 21.0. The normalized spacial score (nSPS) is 9.22. The van der Waals surface area contributed by atoms with Crippen molar-refractivity contribution in [2.75, 3.05) is 6.54 Å². The molecule has 0 aliphatic heterocycles. The summed E-state index contributed by atoms with van der Waals surface area (Å²) in [4.78, 5) is 42.2. The van der Waals surface area contributed by atoms with Gasteiger partial charge in [0, 0.05) is 6.92 Å². The Balaban J connectivity index is 0.00000108. The Morgan fingerprint density at radius 3 is 1.91 bits per heavy atom. The van der Waals surface area contributed by atoms with Gasteiger partial charge in [-0.15, -0.1) is 0 Å². The van der Waals surface area contributed by atoms with Crippen molar-refractivity contribution in [3.63, 3.8) is 0 Å². The molecule has 1 aromatic rings. The zero-order chi connectivity index (χ0) is 18.2. The number of aliphatic carboxylic acids is 1. The molecule has 126 valence electrons. The van der Waals surface area contributed by atoms with Crippen molar-refractivity contribution in [1.82, 2.24) is 10.4 Å². The molecule has 0 atom stereocenters. The van der Waals surface area contributed by atoms with Crippen molar-refractivity contribution < 1.29 is 29.4 Å². The number of carboxylic acids is 1. The van der Waals surface area contributed by atoms with E-state index in [1.807, 2.05) is 5.43 Å². The van der Waals surface area contributed by atoms with Gasteiger partial charge in [0.15, 0.2) is 0 Å². The summed E-state index contributed by atoms with van der Waals surface area (Å²) in [6, 6.07) is 4.29. The molecule has 1 aromatic carbocycles. The van der Waals surface area contributed by atoms with Crippen LogP contribution in [0.4, 0.5) is 4.79 Å². The van der Waals surface area contributed by atoms with E-state index in [4.69, 9.17) is 33.4 Å². The largest absolute Gasteiger partial charge is 0.480 e. The van der Waals surface area contributed by atoms with Crippen molar-refractivity contribution in [3.8, 4) is 0 Å². The van der Waals surface area contributed by atoms with Gasteiger partial charge in [-0.05, 0) is 23.7 Å². The maximum Gasteiger partial charge on any atom is 0.426 e. The predicted molar refractivity (Wildman–Crippen MR) is 82.8 cm³/mol. The summed E-state index contributed by atoms with van der Waals surface area (Å²) in [6.45, 7) is 0.380. The fourth-order valence-corrected chi connectivity index (χ4v) is 1.75. The third kappa shape index (κ3) is 8.24. The van der Waals surface area contributed by atoms with E-state index in [9.17, 15) is 19.2 Å². The van der Waals surface area contributed by atoms with E-state index in [0.29, 0.717) is 0 Å². The summed E-state index contributed by atoms with van der Waals surface area (Å²) < 4.78 is 0. The van der Waals surface area contributed by atoms with Crippen LogP contribution in [0.15, 0.2) is 18.2 Å². The molecule has 2 amide bonds. The zero-order valence-electron chi connectivity index (χ0n) is 11.5. The van der Waals surface area contributed by atoms with Crippen molar-refractivity contribution in [2.24, 2.45) is 0 Å². The third-order valence-corrected chi connectivity index (χ3v) is 2.58. The Bertz CT molecular complexity index is 599. The van der Waals surface area contributed by atoms with E-state index >= 15 is 0 Å². The number of nitrogens with zero attached hydrogens (tertiary/aromatic N) is 1. The third-order valence-electron chi connectivity index (χ3n) is 1.95. The fourth-order valence-electron chi connectivity index (χ4n) is 1.18. The zero-order valence-corrected chi connectivity index (χ0v) is 13.8. The highest BCUT2D eigenvalue weighted by Crippen LogP contribution is 2.23. The summed E-state index contributed by atoms with van der Waals surface area (Å²) in [7, 11) is 0. The second kappa shape index (κ2) is 9.88. The van der Waals surface area contributed by atoms with Gasteiger partial charge in [0.05, 0.1) is 15.6 Å². The fraction of sp³-hybridized carbons (Fsp3) is 0.167. The van der Waals surface area contributed by atoms with Crippen LogP contribution < -0.4 is 5.43 Å². The van der Waals surface area contributed by atoms with Gasteiger partial charge in [0.1, 0.15) is 6.54 Å². The monoisotopic (exact) mass is 384 g/mol. The number of benzene rings is 1. The van der Waals surface area contributed by atoms with Crippen LogP contribution in [0.1, 0.15) is 17.3 Å². The summed E-state index contributed by atoms with van der Waals surface area (Å²) in [5.41, 5.74) is 1.75. The standard InChI is InChI=1S/C10H8Cl2N2O5.C2H3ClO/c11-5-2-1-3-6(12)8(5)9(17)13-14(10(18)19)4-7(15)16;1-2(3)4/h1-3H,4H2,(H,13,17)(H,15,16)(H,18,19);1H3. The predicted octanol–water partition coefficient (Wildman–Crippen LogP) is 2.47. The minimum atomic E-state index is -1.63. The van der Waals surface area contributed by atoms with Crippen LogP contribution in [-0.4, -0.2) is 45.0 Å². The highest BCUT2D eigenvalue weighted by Gasteiger charge is 2.21. The first-order chi connectivity index (χ1) is 10.6. The molecule has 8 nitrogen and oxygen atoms in total. The lowest BCUT2D eigenvalue weighted by molar-refractivity contribution is -0.138. The van der Waals surface area contributed by atoms with Crippen molar-refractivity contribution in [1.29, 1.82) is 0 Å². The number of nitrogens with one attached hydrogen (secondary N) is 1. The van der Waals surface area contributed by atoms with E-state index < -0.39 is 24.5 Å². The molecule has 0 heterocycles. The Kier molecular flexibility index (Phi) is 9.01. The van der Waals surface area contributed by atoms with E-state index in [1.54, 1.807) is 0 Å². The molecule has 0 aliphatic carbocycles. The number of carbonyl (C=O) groups is 4. The van der Waals surface area contributed by atoms with E-state index in [2.05, 4.69) is 11.6 Å². The van der Waals surface area contributed by atoms with E-state index in [0.717, 1.165) is 0 Å². The average Bonchev–Trinajstić information content (AvgIpc) is 2.36. The molecule has 1 rings (SSSR count). The van der Waals surface area contributed by atoms with Crippen molar-refractivity contribution in [3.05, 3.63) is 33.8 Å². The van der Waals surface area contributed by atoms with Crippen molar-refractivity contribution in [2.45, 2.75) is 6.92 Å². The van der Waals surface area contributed by atoms with E-state index in [1.165, 1.54) is 25.1 Å². The Labute approximate surface area is 145 Å². The summed E-state index contributed by atoms with van der Waals surface area (Å²) in [6.07, 6.45) is -1.63. The lowest BCUT2D eigenvalue weighted by Gasteiger charge is -2.18. The molecule has 0 saturated carbocycles. The average molecular weight is 386 g/mol. The number of halogens is 3. The number of hydrogen-bond donors (Lipinski definition) is 3. The smallest absolute Gasteiger partial charge is 0.426 e. The van der Waals surface area contributed by atoms with Crippen LogP contribution in [0.2, 0.25) is 10.0 Å². The lowest BCUT2D eigenvalue weighted by atomic mass is 10.2. The summed E-state index contributed by atoms with van der Waals surface area (Å²) in [5, 5.41) is 17.1. The molecule has 3 N–H and O–H groups in total. The van der Waals surface area contributed by atoms with Gasteiger partial charge in [-0.1, -0.05) is 29.3 Å². The molecular formula is C12H11Cl3N2O6. The molecule has 0 bridgehead atoms. The minimum Gasteiger partial charge on any atom is -0.480 e. The molecule has 0 aliphatic rings. The maximum absolute atomic E-state index is 11.8. The Morgan fingerprint density at radius 2 is 1.57 bits per heavy atom. The van der Waals surface area contributed by atoms with Gasteiger partial charge < -0.3 is 10.2 Å². The van der Waals surface area contributed by atoms with Gasteiger partial charge >= 0.3 is 12.1 Å². The van der Waals surface area contributed by atoms with Gasteiger partial charge in [0.2, 0.25) is 5.24 Å². The van der Waals surface area contributed by atoms with Gasteiger partial charge in [-0.3, -0.25) is 19.8 Å². The quantitative estimate of drug-likeness (QED) is 0.542. The van der Waals surface area contributed by atoms with Crippen LogP contribution in [0.3, 0.4) is 0 Å². The molecule has 11 heteroatoms. The number of rotatable bonds is 3. The Morgan fingerprint density at radius 1 is 1.13 bits per heavy atom. The molecule has 0 unspecified atom stereocenters. The number of carbonyl (C=O) groups excluding carboxylic acids is 2. The highest BCUT2D eigenvalue weighted by atomic mass is 35.5. The number of hydrogen-bond acceptors (Lipinski definition) is 4. The SMILES string of the molecule is CC(=O)Cl.O=C(O)CN(NC(=O)c1c(Cl)cccc1Cl)C(=O)O. The number of hydrazine groups is 1. The molecule has 0 spiro atoms. The lowest BCUT2D eigenvalue weighted by Crippen LogP contribution is -2.48. The topological polar surface area (TPSA) is 124 Å². The minimum absolute atomic E-state index is 0.0191. The molecule has 23 heavy (non-hydrogen) atoms. The van der Waals surface area contributed by atoms with Gasteiger partial charge in [-0.25, -0.2) is 9.80 Å². The molecular weight excluding hydrogens is 374 g/mol. The highest BCUT2D eigenvalue weighted by molar-refractivity contribution is 6.62. The van der Waals surface area contributed by atoms with E-state index in [-0.39, 0.29) is 25.9 Å². The molecule has 0 saturated heterocycles. The second-order valence-electron chi connectivity index (χ2n) is 3.77. The first-order valence-corrected chi connectivity index (χ1v) is 6.83. The van der Waals surface area contributed by atoms with Gasteiger partial charge in [0.25, 0.3) is 5.91 Å². The van der Waals surface area contributed by atoms with Crippen LogP contribution in [0.25, 0.3) is 0 Å². The van der Waals surface area contributed by atoms with Crippen LogP contribution in [0, 0.1) is 0 Å². The first-order valence-electron chi connectivity index (χ1n) is 5.69. The van der Waals surface area contributed by atoms with Crippen LogP contribution in [0.5, 0.6) is 0 Å². The molecule has 0 radical (unpaired) electrons. The molecule has 0 aromatic heterocycles. The van der Waals surface area contributed by atoms with Crippen LogP contribution in [-0.2, 0) is 9.59 Å². The summed E-state index contributed by atoms with van der Waals surface area (Å²) >= 11 is 16.2. The second-order valence-corrected chi connectivity index (χ2v) is 5.12. The number of carboxylic acid groups (broad SMARTS) is 2. The van der Waals surface area contributed by atoms with Gasteiger partial charge in [-0.2, -0.15) is 0 Å². The molecule has 0 fully saturated rings. The number of amides is 2.